The van der Waals surface area contributed by atoms with Gasteiger partial charge in [0.25, 0.3) is 0 Å². The molecule has 0 aliphatic heterocycles. The number of carbonyl (C=O) groups excluding carboxylic acids is 1. The smallest absolute Gasteiger partial charge is 0.292 e. The fourth-order valence-electron chi connectivity index (χ4n) is 1.98. The van der Waals surface area contributed by atoms with Gasteiger partial charge >= 0.3 is 6.18 Å². The first kappa shape index (κ1) is 16.9. The minimum Gasteiger partial charge on any atom is -0.292 e. The fraction of sp³-hybridized carbons (Fsp3) is 0.312. The highest BCUT2D eigenvalue weighted by Crippen LogP contribution is 2.34. The van der Waals surface area contributed by atoms with E-state index in [2.05, 4.69) is 10.1 Å². The van der Waals surface area contributed by atoms with E-state index in [-0.39, 0.29) is 17.0 Å². The Hall–Kier alpha value is -2.44. The minimum atomic E-state index is -4.51. The number of rotatable bonds is 3. The number of aromatic nitrogens is 3. The minimum absolute atomic E-state index is 0.0340. The highest BCUT2D eigenvalue weighted by atomic mass is 19.4. The molecule has 1 aromatic carbocycles. The van der Waals surface area contributed by atoms with E-state index in [1.165, 1.54) is 41.6 Å². The number of alkyl halides is 3. The van der Waals surface area contributed by atoms with Crippen LogP contribution in [-0.2, 0) is 11.0 Å². The summed E-state index contributed by atoms with van der Waals surface area (Å²) < 4.78 is 40.6. The van der Waals surface area contributed by atoms with Crippen molar-refractivity contribution in [3.63, 3.8) is 0 Å². The molecule has 0 aliphatic rings. The van der Waals surface area contributed by atoms with Crippen molar-refractivity contribution in [1.82, 2.24) is 14.8 Å². The zero-order valence-electron chi connectivity index (χ0n) is 12.9. The van der Waals surface area contributed by atoms with Crippen molar-refractivity contribution >= 4 is 17.6 Å². The summed E-state index contributed by atoms with van der Waals surface area (Å²) in [6.07, 6.45) is -0.804. The monoisotopic (exact) mass is 323 g/mol. The zero-order chi connectivity index (χ0) is 17.3. The second-order valence-electron chi connectivity index (χ2n) is 6.03. The molecule has 0 fully saturated rings. The number of allylic oxidation sites excluding steroid dienone is 1. The van der Waals surface area contributed by atoms with Gasteiger partial charge in [-0.1, -0.05) is 39.0 Å². The third-order valence-electron chi connectivity index (χ3n) is 3.14. The number of ketones is 1. The van der Waals surface area contributed by atoms with E-state index in [4.69, 9.17) is 0 Å². The molecule has 0 saturated carbocycles. The molecule has 7 heteroatoms. The van der Waals surface area contributed by atoms with Crippen LogP contribution in [0.3, 0.4) is 0 Å². The van der Waals surface area contributed by atoms with Crippen LogP contribution in [0, 0.1) is 5.41 Å². The Labute approximate surface area is 131 Å². The average Bonchev–Trinajstić information content (AvgIpc) is 2.96. The molecule has 122 valence electrons. The number of hydrogen-bond donors (Lipinski definition) is 0. The van der Waals surface area contributed by atoms with Crippen LogP contribution >= 0.6 is 0 Å². The Morgan fingerprint density at radius 1 is 1.17 bits per heavy atom. The van der Waals surface area contributed by atoms with Crippen LogP contribution in [0.1, 0.15) is 31.9 Å². The normalized spacial score (nSPS) is 13.2. The number of Topliss-reactive ketones (excluding diaryl/α,β-unsaturated/α-hetero) is 1. The van der Waals surface area contributed by atoms with Gasteiger partial charge in [0.1, 0.15) is 18.4 Å². The number of benzene rings is 1. The third-order valence-corrected chi connectivity index (χ3v) is 3.14. The molecule has 0 aliphatic carbocycles. The summed E-state index contributed by atoms with van der Waals surface area (Å²) in [7, 11) is 0. The van der Waals surface area contributed by atoms with Gasteiger partial charge in [0.15, 0.2) is 5.78 Å². The van der Waals surface area contributed by atoms with Crippen LogP contribution in [0.15, 0.2) is 36.9 Å². The van der Waals surface area contributed by atoms with Gasteiger partial charge in [0, 0.05) is 5.41 Å². The number of hydrogen-bond acceptors (Lipinski definition) is 3. The first-order chi connectivity index (χ1) is 10.6. The largest absolute Gasteiger partial charge is 0.416 e. The van der Waals surface area contributed by atoms with Crippen molar-refractivity contribution < 1.29 is 18.0 Å². The first-order valence-electron chi connectivity index (χ1n) is 6.88. The van der Waals surface area contributed by atoms with E-state index in [1.54, 1.807) is 20.8 Å². The van der Waals surface area contributed by atoms with E-state index < -0.39 is 17.2 Å². The van der Waals surface area contributed by atoms with Crippen LogP contribution in [0.5, 0.6) is 0 Å². The van der Waals surface area contributed by atoms with Gasteiger partial charge in [0.05, 0.1) is 5.56 Å². The lowest BCUT2D eigenvalue weighted by Gasteiger charge is -2.19. The second-order valence-corrected chi connectivity index (χ2v) is 6.03. The maximum atomic E-state index is 13.1. The van der Waals surface area contributed by atoms with E-state index in [9.17, 15) is 18.0 Å². The van der Waals surface area contributed by atoms with Crippen LogP contribution in [0.25, 0.3) is 11.8 Å². The molecular weight excluding hydrogens is 307 g/mol. The van der Waals surface area contributed by atoms with Crippen molar-refractivity contribution in [2.45, 2.75) is 26.9 Å². The Morgan fingerprint density at radius 3 is 2.35 bits per heavy atom. The predicted octanol–water partition coefficient (Wildman–Crippen LogP) is 3.91. The Morgan fingerprint density at radius 2 is 1.83 bits per heavy atom. The van der Waals surface area contributed by atoms with Gasteiger partial charge in [-0.15, -0.1) is 0 Å². The Bertz CT molecular complexity index is 726. The van der Waals surface area contributed by atoms with Gasteiger partial charge in [-0.2, -0.15) is 18.3 Å². The summed E-state index contributed by atoms with van der Waals surface area (Å²) in [5.41, 5.74) is -1.64. The van der Waals surface area contributed by atoms with Crippen LogP contribution in [-0.4, -0.2) is 20.5 Å². The van der Waals surface area contributed by atoms with Crippen molar-refractivity contribution in [3.05, 3.63) is 48.0 Å². The molecular formula is C16H16F3N3O. The molecule has 2 rings (SSSR count). The molecule has 2 aromatic rings. The topological polar surface area (TPSA) is 47.8 Å². The molecule has 1 aromatic heterocycles. The molecule has 0 N–H and O–H groups in total. The Balaban J connectivity index is 2.62. The zero-order valence-corrected chi connectivity index (χ0v) is 12.9. The molecule has 0 spiro atoms. The summed E-state index contributed by atoms with van der Waals surface area (Å²) >= 11 is 0. The predicted molar refractivity (Wildman–Crippen MR) is 80.1 cm³/mol. The van der Waals surface area contributed by atoms with Gasteiger partial charge in [-0.25, -0.2) is 9.67 Å². The second kappa shape index (κ2) is 5.98. The summed E-state index contributed by atoms with van der Waals surface area (Å²) in [5, 5.41) is 3.87. The third kappa shape index (κ3) is 3.85. The van der Waals surface area contributed by atoms with Gasteiger partial charge in [0.2, 0.25) is 0 Å². The number of nitrogens with zero attached hydrogens (tertiary/aromatic N) is 3. The van der Waals surface area contributed by atoms with Crippen LogP contribution < -0.4 is 0 Å². The molecule has 23 heavy (non-hydrogen) atoms. The highest BCUT2D eigenvalue weighted by molar-refractivity contribution is 6.21. The van der Waals surface area contributed by atoms with Crippen molar-refractivity contribution in [1.29, 1.82) is 0 Å². The van der Waals surface area contributed by atoms with Gasteiger partial charge in [-0.05, 0) is 17.7 Å². The molecule has 0 atom stereocenters. The highest BCUT2D eigenvalue weighted by Gasteiger charge is 2.33. The summed E-state index contributed by atoms with van der Waals surface area (Å²) in [6, 6.07) is 5.09. The Kier molecular flexibility index (Phi) is 4.40. The summed E-state index contributed by atoms with van der Waals surface area (Å²) in [5.74, 6) is -0.333. The maximum Gasteiger partial charge on any atom is 0.416 e. The quantitative estimate of drug-likeness (QED) is 0.805. The van der Waals surface area contributed by atoms with E-state index in [0.717, 1.165) is 6.07 Å². The lowest BCUT2D eigenvalue weighted by molar-refractivity contribution is -0.137. The molecule has 0 saturated heterocycles. The van der Waals surface area contributed by atoms with Gasteiger partial charge in [-0.3, -0.25) is 4.79 Å². The molecule has 0 amide bonds. The van der Waals surface area contributed by atoms with E-state index >= 15 is 0 Å². The molecule has 0 unspecified atom stereocenters. The SMILES string of the molecule is CC(C)(C)C(=O)C(=Cc1ccccc1C(F)(F)F)n1cncn1. The van der Waals surface area contributed by atoms with Crippen molar-refractivity contribution in [3.8, 4) is 0 Å². The molecule has 0 radical (unpaired) electrons. The lowest BCUT2D eigenvalue weighted by atomic mass is 9.88. The van der Waals surface area contributed by atoms with Crippen LogP contribution in [0.2, 0.25) is 0 Å². The maximum absolute atomic E-state index is 13.1. The van der Waals surface area contributed by atoms with E-state index in [0.29, 0.717) is 0 Å². The average molecular weight is 323 g/mol. The fourth-order valence-corrected chi connectivity index (χ4v) is 1.98. The van der Waals surface area contributed by atoms with Crippen molar-refractivity contribution in [2.24, 2.45) is 5.41 Å². The van der Waals surface area contributed by atoms with Crippen LogP contribution in [0.4, 0.5) is 13.2 Å². The standard InChI is InChI=1S/C16H16F3N3O/c1-15(2,3)14(23)13(22-10-20-9-21-22)8-11-6-4-5-7-12(11)16(17,18)19/h4-10H,1-3H3. The van der Waals surface area contributed by atoms with E-state index in [1.807, 2.05) is 0 Å². The van der Waals surface area contributed by atoms with Gasteiger partial charge < -0.3 is 0 Å². The molecule has 0 bridgehead atoms. The number of carbonyl (C=O) groups is 1. The van der Waals surface area contributed by atoms with Crippen molar-refractivity contribution in [2.75, 3.05) is 0 Å². The summed E-state index contributed by atoms with van der Waals surface area (Å²) in [6.45, 7) is 5.07. The first-order valence-corrected chi connectivity index (χ1v) is 6.88. The molecule has 1 heterocycles. The molecule has 4 nitrogen and oxygen atoms in total. The summed E-state index contributed by atoms with van der Waals surface area (Å²) in [4.78, 5) is 16.3. The number of halogens is 3. The lowest BCUT2D eigenvalue weighted by Crippen LogP contribution is -2.24.